The Bertz CT molecular complexity index is 558. The lowest BCUT2D eigenvalue weighted by Crippen LogP contribution is -2.49. The lowest BCUT2D eigenvalue weighted by atomic mass is 10.1. The molecule has 0 aromatic heterocycles. The maximum Gasteiger partial charge on any atom is 0.269 e. The molecule has 1 rings (SSSR count). The van der Waals surface area contributed by atoms with Gasteiger partial charge in [0.15, 0.2) is 0 Å². The average Bonchev–Trinajstić information content (AvgIpc) is 2.27. The first-order chi connectivity index (χ1) is 8.65. The topological polar surface area (TPSA) is 115 Å². The van der Waals surface area contributed by atoms with Crippen LogP contribution in [0.3, 0.4) is 0 Å². The van der Waals surface area contributed by atoms with Gasteiger partial charge in [-0.25, -0.2) is 13.1 Å². The number of rotatable bonds is 6. The Balaban J connectivity index is 0.00000361. The minimum atomic E-state index is -3.54. The fraction of sp³-hybridized carbons (Fsp3) is 0.455. The van der Waals surface area contributed by atoms with Crippen LogP contribution < -0.4 is 10.5 Å². The first-order valence-corrected chi connectivity index (χ1v) is 7.25. The third-order valence-corrected chi connectivity index (χ3v) is 4.02. The highest BCUT2D eigenvalue weighted by molar-refractivity contribution is 7.88. The minimum Gasteiger partial charge on any atom is -0.329 e. The molecule has 0 saturated carbocycles. The van der Waals surface area contributed by atoms with Crippen molar-refractivity contribution < 1.29 is 13.3 Å². The Morgan fingerprint density at radius 2 is 1.80 bits per heavy atom. The van der Waals surface area contributed by atoms with Crippen LogP contribution in [0.5, 0.6) is 0 Å². The molecule has 0 unspecified atom stereocenters. The van der Waals surface area contributed by atoms with Crippen LogP contribution in [-0.2, 0) is 15.8 Å². The van der Waals surface area contributed by atoms with Gasteiger partial charge in [0.2, 0.25) is 10.0 Å². The predicted octanol–water partition coefficient (Wildman–Crippen LogP) is 1.17. The molecule has 0 radical (unpaired) electrons. The first kappa shape index (κ1) is 18.8. The second kappa shape index (κ2) is 6.98. The zero-order valence-electron chi connectivity index (χ0n) is 11.2. The van der Waals surface area contributed by atoms with Crippen LogP contribution in [0.15, 0.2) is 24.3 Å². The predicted molar refractivity (Wildman–Crippen MR) is 79.2 cm³/mol. The molecule has 1 aromatic rings. The fourth-order valence-electron chi connectivity index (χ4n) is 1.43. The molecule has 0 spiro atoms. The van der Waals surface area contributed by atoms with E-state index >= 15 is 0 Å². The summed E-state index contributed by atoms with van der Waals surface area (Å²) in [6.45, 7) is 3.53. The van der Waals surface area contributed by atoms with Crippen LogP contribution in [0, 0.1) is 10.1 Å². The largest absolute Gasteiger partial charge is 0.329 e. The van der Waals surface area contributed by atoms with Crippen molar-refractivity contribution in [2.24, 2.45) is 5.73 Å². The average molecular weight is 324 g/mol. The van der Waals surface area contributed by atoms with Crippen LogP contribution in [0.4, 0.5) is 5.69 Å². The minimum absolute atomic E-state index is 0. The maximum atomic E-state index is 11.9. The number of nitrogens with zero attached hydrogens (tertiary/aromatic N) is 1. The third-order valence-electron chi connectivity index (χ3n) is 2.45. The second-order valence-electron chi connectivity index (χ2n) is 4.87. The monoisotopic (exact) mass is 323 g/mol. The van der Waals surface area contributed by atoms with Crippen molar-refractivity contribution in [3.05, 3.63) is 39.9 Å². The van der Waals surface area contributed by atoms with Gasteiger partial charge in [0, 0.05) is 24.2 Å². The zero-order chi connectivity index (χ0) is 14.7. The molecule has 0 aliphatic carbocycles. The molecule has 3 N–H and O–H groups in total. The smallest absolute Gasteiger partial charge is 0.269 e. The van der Waals surface area contributed by atoms with Crippen LogP contribution in [0.25, 0.3) is 0 Å². The zero-order valence-corrected chi connectivity index (χ0v) is 12.8. The molecule has 0 atom stereocenters. The Morgan fingerprint density at radius 1 is 1.30 bits per heavy atom. The van der Waals surface area contributed by atoms with Gasteiger partial charge >= 0.3 is 0 Å². The number of hydrogen-bond acceptors (Lipinski definition) is 5. The highest BCUT2D eigenvalue weighted by Gasteiger charge is 2.23. The quantitative estimate of drug-likeness (QED) is 0.602. The van der Waals surface area contributed by atoms with Crippen LogP contribution in [0.2, 0.25) is 0 Å². The van der Waals surface area contributed by atoms with Gasteiger partial charge in [-0.05, 0) is 19.4 Å². The van der Waals surface area contributed by atoms with Gasteiger partial charge in [-0.15, -0.1) is 12.4 Å². The Kier molecular flexibility index (Phi) is 6.55. The number of nitro benzene ring substituents is 1. The van der Waals surface area contributed by atoms with Gasteiger partial charge in [-0.1, -0.05) is 12.1 Å². The SMILES string of the molecule is CC(C)(CN)NS(=O)(=O)Cc1ccc([N+](=O)[O-])cc1.Cl. The van der Waals surface area contributed by atoms with Gasteiger partial charge in [0.25, 0.3) is 5.69 Å². The van der Waals surface area contributed by atoms with Gasteiger partial charge < -0.3 is 5.73 Å². The van der Waals surface area contributed by atoms with Gasteiger partial charge in [0.05, 0.1) is 10.7 Å². The number of nitrogens with one attached hydrogen (secondary N) is 1. The summed E-state index contributed by atoms with van der Waals surface area (Å²) in [5.74, 6) is -0.242. The number of halogens is 1. The lowest BCUT2D eigenvalue weighted by Gasteiger charge is -2.23. The van der Waals surface area contributed by atoms with Crippen molar-refractivity contribution in [2.45, 2.75) is 25.1 Å². The summed E-state index contributed by atoms with van der Waals surface area (Å²) in [5.41, 5.74) is 5.14. The molecule has 0 aliphatic rings. The van der Waals surface area contributed by atoms with Crippen molar-refractivity contribution >= 4 is 28.1 Å². The van der Waals surface area contributed by atoms with E-state index in [0.29, 0.717) is 5.56 Å². The summed E-state index contributed by atoms with van der Waals surface area (Å²) in [5, 5.41) is 10.5. The van der Waals surface area contributed by atoms with E-state index in [-0.39, 0.29) is 30.4 Å². The molecule has 0 saturated heterocycles. The number of benzene rings is 1. The Hall–Kier alpha value is -1.22. The molecular weight excluding hydrogens is 306 g/mol. The summed E-state index contributed by atoms with van der Waals surface area (Å²) in [7, 11) is -3.54. The third kappa shape index (κ3) is 5.83. The molecule has 0 aliphatic heterocycles. The normalized spacial score (nSPS) is 11.8. The summed E-state index contributed by atoms with van der Waals surface area (Å²) in [6, 6.07) is 5.40. The standard InChI is InChI=1S/C11H17N3O4S.ClH/c1-11(2,8-12)13-19(17,18)7-9-3-5-10(6-4-9)14(15)16;/h3-6,13H,7-8,12H2,1-2H3;1H. The number of non-ortho nitro benzene ring substituents is 1. The molecule has 0 amide bonds. The van der Waals surface area contributed by atoms with Gasteiger partial charge in [0.1, 0.15) is 0 Å². The van der Waals surface area contributed by atoms with Crippen LogP contribution in [0.1, 0.15) is 19.4 Å². The Morgan fingerprint density at radius 3 is 2.20 bits per heavy atom. The molecule has 0 fully saturated rings. The molecule has 1 aromatic carbocycles. The fourth-order valence-corrected chi connectivity index (χ4v) is 3.06. The lowest BCUT2D eigenvalue weighted by molar-refractivity contribution is -0.384. The van der Waals surface area contributed by atoms with E-state index in [0.717, 1.165) is 0 Å². The summed E-state index contributed by atoms with van der Waals surface area (Å²) < 4.78 is 26.3. The number of sulfonamides is 1. The van der Waals surface area contributed by atoms with E-state index in [1.165, 1.54) is 24.3 Å². The summed E-state index contributed by atoms with van der Waals surface area (Å²) in [6.07, 6.45) is 0. The number of nitro groups is 1. The molecule has 114 valence electrons. The van der Waals surface area contributed by atoms with Crippen molar-refractivity contribution in [2.75, 3.05) is 6.54 Å². The number of hydrogen-bond donors (Lipinski definition) is 2. The molecule has 7 nitrogen and oxygen atoms in total. The van der Waals surface area contributed by atoms with Gasteiger partial charge in [-0.3, -0.25) is 10.1 Å². The van der Waals surface area contributed by atoms with Gasteiger partial charge in [-0.2, -0.15) is 0 Å². The van der Waals surface area contributed by atoms with Crippen molar-refractivity contribution in [1.29, 1.82) is 0 Å². The van der Waals surface area contributed by atoms with E-state index < -0.39 is 20.5 Å². The van der Waals surface area contributed by atoms with E-state index in [1.807, 2.05) is 0 Å². The van der Waals surface area contributed by atoms with Crippen molar-refractivity contribution in [3.8, 4) is 0 Å². The van der Waals surface area contributed by atoms with Crippen LogP contribution >= 0.6 is 12.4 Å². The maximum absolute atomic E-state index is 11.9. The molecule has 20 heavy (non-hydrogen) atoms. The molecular formula is C11H18ClN3O4S. The molecule has 0 bridgehead atoms. The summed E-state index contributed by atoms with van der Waals surface area (Å²) >= 11 is 0. The molecule has 0 heterocycles. The van der Waals surface area contributed by atoms with Crippen LogP contribution in [-0.4, -0.2) is 25.4 Å². The van der Waals surface area contributed by atoms with E-state index in [1.54, 1.807) is 13.8 Å². The van der Waals surface area contributed by atoms with E-state index in [2.05, 4.69) is 4.72 Å². The Labute approximate surface area is 124 Å². The van der Waals surface area contributed by atoms with E-state index in [9.17, 15) is 18.5 Å². The first-order valence-electron chi connectivity index (χ1n) is 5.60. The van der Waals surface area contributed by atoms with Crippen molar-refractivity contribution in [3.63, 3.8) is 0 Å². The second-order valence-corrected chi connectivity index (χ2v) is 6.60. The highest BCUT2D eigenvalue weighted by Crippen LogP contribution is 2.14. The molecule has 9 heteroatoms. The summed E-state index contributed by atoms with van der Waals surface area (Å²) in [4.78, 5) is 9.95. The van der Waals surface area contributed by atoms with E-state index in [4.69, 9.17) is 5.73 Å². The number of nitrogens with two attached hydrogens (primary N) is 1. The van der Waals surface area contributed by atoms with Crippen molar-refractivity contribution in [1.82, 2.24) is 4.72 Å². The highest BCUT2D eigenvalue weighted by atomic mass is 35.5.